The van der Waals surface area contributed by atoms with Crippen molar-refractivity contribution in [1.29, 1.82) is 0 Å². The molecule has 1 heterocycles. The fourth-order valence-corrected chi connectivity index (χ4v) is 2.12. The molecule has 2 nitrogen and oxygen atoms in total. The van der Waals surface area contributed by atoms with Crippen LogP contribution in [0.2, 0.25) is 0 Å². The summed E-state index contributed by atoms with van der Waals surface area (Å²) in [5.74, 6) is 6.37. The average molecular weight is 244 g/mol. The molecule has 0 saturated heterocycles. The smallest absolute Gasteiger partial charge is 0.122 e. The predicted molar refractivity (Wildman–Crippen MR) is 69.1 cm³/mol. The number of hydrogen-bond donors (Lipinski definition) is 1. The zero-order valence-electron chi connectivity index (χ0n) is 9.22. The van der Waals surface area contributed by atoms with E-state index in [4.69, 9.17) is 9.84 Å². The Hall–Kier alpha value is -1.76. The number of hydrogen-bond acceptors (Lipinski definition) is 3. The molecule has 0 amide bonds. The van der Waals surface area contributed by atoms with Gasteiger partial charge in [-0.05, 0) is 24.3 Å². The zero-order chi connectivity index (χ0) is 11.9. The Balaban J connectivity index is 1.94. The third kappa shape index (κ3) is 3.63. The van der Waals surface area contributed by atoms with E-state index in [1.165, 1.54) is 0 Å². The summed E-state index contributed by atoms with van der Waals surface area (Å²) in [5.41, 5.74) is 0. The zero-order valence-corrected chi connectivity index (χ0v) is 10.0. The average Bonchev–Trinajstić information content (AvgIpc) is 2.83. The second kappa shape index (κ2) is 6.09. The highest BCUT2D eigenvalue weighted by molar-refractivity contribution is 7.12. The van der Waals surface area contributed by atoms with Gasteiger partial charge in [-0.15, -0.1) is 11.3 Å². The number of thiophene rings is 1. The van der Waals surface area contributed by atoms with Crippen LogP contribution >= 0.6 is 11.3 Å². The molecule has 86 valence electrons. The second-order valence-electron chi connectivity index (χ2n) is 3.33. The molecule has 0 saturated carbocycles. The van der Waals surface area contributed by atoms with Crippen LogP contribution in [0.25, 0.3) is 0 Å². The van der Waals surface area contributed by atoms with E-state index in [0.717, 1.165) is 15.5 Å². The molecule has 0 spiro atoms. The van der Waals surface area contributed by atoms with Gasteiger partial charge in [0.05, 0.1) is 4.88 Å². The molecule has 0 unspecified atom stereocenters. The molecule has 1 N–H and O–H groups in total. The summed E-state index contributed by atoms with van der Waals surface area (Å²) in [7, 11) is 0. The van der Waals surface area contributed by atoms with Crippen molar-refractivity contribution in [3.63, 3.8) is 0 Å². The second-order valence-corrected chi connectivity index (χ2v) is 4.50. The number of aliphatic hydroxyl groups excluding tert-OH is 1. The van der Waals surface area contributed by atoms with Crippen molar-refractivity contribution >= 4 is 11.3 Å². The van der Waals surface area contributed by atoms with Crippen molar-refractivity contribution in [2.45, 2.75) is 6.61 Å². The van der Waals surface area contributed by atoms with Gasteiger partial charge in [-0.1, -0.05) is 30.0 Å². The van der Waals surface area contributed by atoms with Crippen LogP contribution < -0.4 is 4.74 Å². The molecule has 2 aromatic rings. The fraction of sp³-hybridized carbons (Fsp3) is 0.143. The van der Waals surface area contributed by atoms with Crippen LogP contribution in [-0.2, 0) is 6.61 Å². The lowest BCUT2D eigenvalue weighted by atomic mass is 10.3. The molecule has 17 heavy (non-hydrogen) atoms. The molecule has 0 aliphatic carbocycles. The molecule has 1 aromatic heterocycles. The number of aliphatic hydroxyl groups is 1. The molecule has 0 aliphatic rings. The number of rotatable bonds is 3. The minimum Gasteiger partial charge on any atom is -0.488 e. The maximum absolute atomic E-state index is 8.59. The van der Waals surface area contributed by atoms with Crippen LogP contribution in [0.4, 0.5) is 0 Å². The highest BCUT2D eigenvalue weighted by Crippen LogP contribution is 2.18. The first-order valence-electron chi connectivity index (χ1n) is 5.25. The predicted octanol–water partition coefficient (Wildman–Crippen LogP) is 2.67. The van der Waals surface area contributed by atoms with Crippen molar-refractivity contribution in [2.24, 2.45) is 0 Å². The van der Waals surface area contributed by atoms with Crippen LogP contribution in [0.5, 0.6) is 5.75 Å². The van der Waals surface area contributed by atoms with E-state index >= 15 is 0 Å². The third-order valence-corrected chi connectivity index (χ3v) is 3.05. The lowest BCUT2D eigenvalue weighted by Crippen LogP contribution is -1.91. The van der Waals surface area contributed by atoms with Gasteiger partial charge in [0.1, 0.15) is 19.0 Å². The topological polar surface area (TPSA) is 29.5 Å². The van der Waals surface area contributed by atoms with Gasteiger partial charge >= 0.3 is 0 Å². The Kier molecular flexibility index (Phi) is 4.20. The van der Waals surface area contributed by atoms with Crippen molar-refractivity contribution in [3.05, 3.63) is 52.2 Å². The quantitative estimate of drug-likeness (QED) is 0.841. The molecule has 2 rings (SSSR count). The maximum atomic E-state index is 8.59. The van der Waals surface area contributed by atoms with Gasteiger partial charge in [0, 0.05) is 4.88 Å². The van der Waals surface area contributed by atoms with Crippen molar-refractivity contribution < 1.29 is 9.84 Å². The van der Waals surface area contributed by atoms with Gasteiger partial charge in [0.25, 0.3) is 0 Å². The molecule has 0 fully saturated rings. The van der Waals surface area contributed by atoms with Crippen molar-refractivity contribution in [1.82, 2.24) is 0 Å². The van der Waals surface area contributed by atoms with E-state index in [1.54, 1.807) is 11.3 Å². The molecule has 0 radical (unpaired) electrons. The minimum absolute atomic E-state index is 0.103. The summed E-state index contributed by atoms with van der Waals surface area (Å²) in [6.45, 7) is 0.448. The van der Waals surface area contributed by atoms with Gasteiger partial charge in [0.15, 0.2) is 0 Å². The summed E-state index contributed by atoms with van der Waals surface area (Å²) in [6.07, 6.45) is 0. The van der Waals surface area contributed by atoms with Crippen LogP contribution in [-0.4, -0.2) is 11.7 Å². The van der Waals surface area contributed by atoms with E-state index in [9.17, 15) is 0 Å². The van der Waals surface area contributed by atoms with Crippen molar-refractivity contribution in [2.75, 3.05) is 6.61 Å². The van der Waals surface area contributed by atoms with E-state index in [1.807, 2.05) is 42.5 Å². The van der Waals surface area contributed by atoms with Gasteiger partial charge < -0.3 is 9.84 Å². The molecular formula is C14H12O2S. The standard InChI is InChI=1S/C14H12O2S/c15-10-4-7-13-8-9-14(17-13)11-16-12-5-2-1-3-6-12/h1-3,5-6,8-9,15H,10-11H2. The van der Waals surface area contributed by atoms with Crippen LogP contribution in [0.15, 0.2) is 42.5 Å². The molecular weight excluding hydrogens is 232 g/mol. The number of benzene rings is 1. The normalized spacial score (nSPS) is 9.47. The monoisotopic (exact) mass is 244 g/mol. The highest BCUT2D eigenvalue weighted by Gasteiger charge is 1.99. The Morgan fingerprint density at radius 2 is 1.94 bits per heavy atom. The minimum atomic E-state index is -0.103. The van der Waals surface area contributed by atoms with Crippen LogP contribution in [0.3, 0.4) is 0 Å². The van der Waals surface area contributed by atoms with Crippen molar-refractivity contribution in [3.8, 4) is 17.6 Å². The van der Waals surface area contributed by atoms with E-state index in [2.05, 4.69) is 11.8 Å². The first-order chi connectivity index (χ1) is 8.38. The number of para-hydroxylation sites is 1. The Bertz CT molecular complexity index is 520. The summed E-state index contributed by atoms with van der Waals surface area (Å²) in [6, 6.07) is 13.6. The number of ether oxygens (including phenoxy) is 1. The lowest BCUT2D eigenvalue weighted by Gasteiger charge is -2.02. The molecule has 0 aliphatic heterocycles. The van der Waals surface area contributed by atoms with E-state index in [-0.39, 0.29) is 6.61 Å². The fourth-order valence-electron chi connectivity index (χ4n) is 1.32. The first-order valence-corrected chi connectivity index (χ1v) is 6.06. The van der Waals surface area contributed by atoms with Gasteiger partial charge in [0.2, 0.25) is 0 Å². The molecule has 0 bridgehead atoms. The molecule has 1 aromatic carbocycles. The SMILES string of the molecule is OCC#Cc1ccc(COc2ccccc2)s1. The van der Waals surface area contributed by atoms with Crippen LogP contribution in [0.1, 0.15) is 9.75 Å². The van der Waals surface area contributed by atoms with E-state index in [0.29, 0.717) is 6.61 Å². The van der Waals surface area contributed by atoms with Crippen LogP contribution in [0, 0.1) is 11.8 Å². The summed E-state index contributed by atoms with van der Waals surface area (Å²) in [4.78, 5) is 2.07. The Labute approximate surface area is 104 Å². The van der Waals surface area contributed by atoms with Gasteiger partial charge in [-0.3, -0.25) is 0 Å². The summed E-state index contributed by atoms with van der Waals surface area (Å²) < 4.78 is 5.62. The van der Waals surface area contributed by atoms with E-state index < -0.39 is 0 Å². The third-order valence-electron chi connectivity index (χ3n) is 2.08. The Morgan fingerprint density at radius 3 is 2.71 bits per heavy atom. The first kappa shape index (κ1) is 11.7. The highest BCUT2D eigenvalue weighted by atomic mass is 32.1. The Morgan fingerprint density at radius 1 is 1.12 bits per heavy atom. The van der Waals surface area contributed by atoms with Gasteiger partial charge in [-0.2, -0.15) is 0 Å². The maximum Gasteiger partial charge on any atom is 0.122 e. The molecule has 0 atom stereocenters. The molecule has 3 heteroatoms. The summed E-state index contributed by atoms with van der Waals surface area (Å²) in [5, 5.41) is 8.59. The van der Waals surface area contributed by atoms with Gasteiger partial charge in [-0.25, -0.2) is 0 Å². The summed E-state index contributed by atoms with van der Waals surface area (Å²) >= 11 is 1.58. The lowest BCUT2D eigenvalue weighted by molar-refractivity contribution is 0.310. The largest absolute Gasteiger partial charge is 0.488 e.